The van der Waals surface area contributed by atoms with Crippen LogP contribution in [0, 0.1) is 18.3 Å². The molecule has 0 saturated heterocycles. The zero-order valence-corrected chi connectivity index (χ0v) is 16.9. The molecule has 0 aromatic heterocycles. The Kier molecular flexibility index (Phi) is 4.64. The van der Waals surface area contributed by atoms with Crippen LogP contribution in [0.4, 0.5) is 0 Å². The van der Waals surface area contributed by atoms with Gasteiger partial charge in [-0.3, -0.25) is 0 Å². The molecule has 2 N–H and O–H groups in total. The fourth-order valence-corrected chi connectivity index (χ4v) is 3.80. The van der Waals surface area contributed by atoms with Crippen LogP contribution in [-0.2, 0) is 6.61 Å². The van der Waals surface area contributed by atoms with Gasteiger partial charge in [0, 0.05) is 11.6 Å². The first-order valence-electron chi connectivity index (χ1n) is 9.92. The normalized spacial score (nSPS) is 16.3. The molecule has 6 heteroatoms. The molecule has 2 aliphatic rings. The van der Waals surface area contributed by atoms with Crippen molar-refractivity contribution in [1.29, 1.82) is 5.26 Å². The summed E-state index contributed by atoms with van der Waals surface area (Å²) in [4.78, 5) is 0. The van der Waals surface area contributed by atoms with Gasteiger partial charge >= 0.3 is 0 Å². The number of aryl methyl sites for hydroxylation is 1. The summed E-state index contributed by atoms with van der Waals surface area (Å²) in [6.07, 6.45) is 0. The smallest absolute Gasteiger partial charge is 0.231 e. The molecule has 0 saturated carbocycles. The molecular formula is C25H20N2O4. The lowest BCUT2D eigenvalue weighted by molar-refractivity contribution is 0.174. The van der Waals surface area contributed by atoms with Crippen LogP contribution in [0.15, 0.2) is 72.1 Å². The highest BCUT2D eigenvalue weighted by atomic mass is 16.7. The van der Waals surface area contributed by atoms with Crippen molar-refractivity contribution >= 4 is 0 Å². The largest absolute Gasteiger partial charge is 0.489 e. The van der Waals surface area contributed by atoms with E-state index in [1.54, 1.807) is 6.07 Å². The molecule has 6 nitrogen and oxygen atoms in total. The van der Waals surface area contributed by atoms with E-state index in [2.05, 4.69) is 37.3 Å². The summed E-state index contributed by atoms with van der Waals surface area (Å²) in [5, 5.41) is 9.75. The molecule has 1 unspecified atom stereocenters. The van der Waals surface area contributed by atoms with Gasteiger partial charge in [0.25, 0.3) is 0 Å². The molecule has 1 atom stereocenters. The standard InChI is InChI=1S/C25H20N2O4/c1-15-2-4-16(5-3-15)13-28-18-8-6-17(7-9-18)24-19-10-22-23(30-14-29-22)11-21(19)31-25(27)20(24)12-26/h2-11,24H,13-14,27H2,1H3. The third-order valence-corrected chi connectivity index (χ3v) is 5.45. The monoisotopic (exact) mass is 412 g/mol. The van der Waals surface area contributed by atoms with Crippen molar-refractivity contribution in [3.05, 3.63) is 94.4 Å². The molecule has 3 aromatic rings. The maximum absolute atomic E-state index is 9.75. The molecule has 0 bridgehead atoms. The van der Waals surface area contributed by atoms with Gasteiger partial charge in [-0.25, -0.2) is 0 Å². The Bertz CT molecular complexity index is 1210. The Labute approximate surface area is 180 Å². The van der Waals surface area contributed by atoms with Crippen LogP contribution in [0.1, 0.15) is 28.2 Å². The number of nitriles is 1. The van der Waals surface area contributed by atoms with Crippen LogP contribution in [0.3, 0.4) is 0 Å². The Morgan fingerprint density at radius 1 is 1.00 bits per heavy atom. The molecule has 0 aliphatic carbocycles. The fourth-order valence-electron chi connectivity index (χ4n) is 3.80. The summed E-state index contributed by atoms with van der Waals surface area (Å²) in [6, 6.07) is 21.7. The molecule has 0 amide bonds. The Morgan fingerprint density at radius 3 is 2.42 bits per heavy atom. The molecule has 0 radical (unpaired) electrons. The molecule has 0 spiro atoms. The second-order valence-corrected chi connectivity index (χ2v) is 7.51. The zero-order valence-electron chi connectivity index (χ0n) is 16.9. The number of hydrogen-bond acceptors (Lipinski definition) is 6. The molecule has 2 aliphatic heterocycles. The van der Waals surface area contributed by atoms with Crippen LogP contribution in [-0.4, -0.2) is 6.79 Å². The van der Waals surface area contributed by atoms with Gasteiger partial charge in [0.05, 0.1) is 5.92 Å². The van der Waals surface area contributed by atoms with E-state index < -0.39 is 0 Å². The average molecular weight is 412 g/mol. The van der Waals surface area contributed by atoms with E-state index in [-0.39, 0.29) is 18.6 Å². The van der Waals surface area contributed by atoms with Crippen molar-refractivity contribution < 1.29 is 18.9 Å². The first kappa shape index (κ1) is 18.9. The molecule has 31 heavy (non-hydrogen) atoms. The average Bonchev–Trinajstić information content (AvgIpc) is 3.24. The first-order chi connectivity index (χ1) is 15.1. The van der Waals surface area contributed by atoms with Crippen molar-refractivity contribution in [1.82, 2.24) is 0 Å². The maximum atomic E-state index is 9.75. The third kappa shape index (κ3) is 3.51. The summed E-state index contributed by atoms with van der Waals surface area (Å²) < 4.78 is 22.6. The molecule has 2 heterocycles. The summed E-state index contributed by atoms with van der Waals surface area (Å²) in [5.41, 5.74) is 10.5. The van der Waals surface area contributed by atoms with Crippen molar-refractivity contribution in [3.8, 4) is 29.1 Å². The van der Waals surface area contributed by atoms with E-state index in [1.807, 2.05) is 30.3 Å². The maximum Gasteiger partial charge on any atom is 0.231 e. The fraction of sp³-hybridized carbons (Fsp3) is 0.160. The molecule has 5 rings (SSSR count). The number of rotatable bonds is 4. The van der Waals surface area contributed by atoms with E-state index in [0.29, 0.717) is 29.4 Å². The lowest BCUT2D eigenvalue weighted by Gasteiger charge is -2.26. The van der Waals surface area contributed by atoms with Crippen molar-refractivity contribution in [2.24, 2.45) is 5.73 Å². The third-order valence-electron chi connectivity index (χ3n) is 5.45. The molecule has 0 fully saturated rings. The Hall–Kier alpha value is -4.11. The predicted molar refractivity (Wildman–Crippen MR) is 114 cm³/mol. The topological polar surface area (TPSA) is 86.7 Å². The predicted octanol–water partition coefficient (Wildman–Crippen LogP) is 4.52. The first-order valence-corrected chi connectivity index (χ1v) is 9.92. The van der Waals surface area contributed by atoms with Crippen LogP contribution in [0.2, 0.25) is 0 Å². The van der Waals surface area contributed by atoms with E-state index in [4.69, 9.17) is 24.7 Å². The summed E-state index contributed by atoms with van der Waals surface area (Å²) in [5.74, 6) is 2.27. The summed E-state index contributed by atoms with van der Waals surface area (Å²) in [6.45, 7) is 2.70. The quantitative estimate of drug-likeness (QED) is 0.678. The van der Waals surface area contributed by atoms with Crippen molar-refractivity contribution in [3.63, 3.8) is 0 Å². The lowest BCUT2D eigenvalue weighted by atomic mass is 9.83. The Balaban J connectivity index is 1.43. The van der Waals surface area contributed by atoms with Gasteiger partial charge < -0.3 is 24.7 Å². The zero-order chi connectivity index (χ0) is 21.4. The van der Waals surface area contributed by atoms with Crippen LogP contribution in [0.5, 0.6) is 23.0 Å². The molecule has 3 aromatic carbocycles. The second kappa shape index (κ2) is 7.62. The van der Waals surface area contributed by atoms with Crippen LogP contribution in [0.25, 0.3) is 0 Å². The van der Waals surface area contributed by atoms with Gasteiger partial charge in [0.2, 0.25) is 12.7 Å². The highest BCUT2D eigenvalue weighted by Gasteiger charge is 2.33. The van der Waals surface area contributed by atoms with Crippen LogP contribution < -0.4 is 24.7 Å². The van der Waals surface area contributed by atoms with E-state index >= 15 is 0 Å². The minimum atomic E-state index is -0.366. The van der Waals surface area contributed by atoms with Gasteiger partial charge in [-0.1, -0.05) is 42.0 Å². The summed E-state index contributed by atoms with van der Waals surface area (Å²) in [7, 11) is 0. The second-order valence-electron chi connectivity index (χ2n) is 7.51. The number of nitrogens with two attached hydrogens (primary N) is 1. The number of hydrogen-bond donors (Lipinski definition) is 1. The van der Waals surface area contributed by atoms with Crippen LogP contribution >= 0.6 is 0 Å². The highest BCUT2D eigenvalue weighted by molar-refractivity contribution is 5.61. The highest BCUT2D eigenvalue weighted by Crippen LogP contribution is 2.47. The number of ether oxygens (including phenoxy) is 4. The van der Waals surface area contributed by atoms with Gasteiger partial charge in [0.15, 0.2) is 11.5 Å². The summed E-state index contributed by atoms with van der Waals surface area (Å²) >= 11 is 0. The number of allylic oxidation sites excluding steroid dienone is 1. The van der Waals surface area contributed by atoms with E-state index in [9.17, 15) is 5.26 Å². The number of benzene rings is 3. The van der Waals surface area contributed by atoms with Gasteiger partial charge in [0.1, 0.15) is 29.7 Å². The van der Waals surface area contributed by atoms with Gasteiger partial charge in [-0.2, -0.15) is 5.26 Å². The number of nitrogens with zero attached hydrogens (tertiary/aromatic N) is 1. The molecular weight excluding hydrogens is 392 g/mol. The van der Waals surface area contributed by atoms with E-state index in [0.717, 1.165) is 22.4 Å². The van der Waals surface area contributed by atoms with Gasteiger partial charge in [-0.15, -0.1) is 0 Å². The van der Waals surface area contributed by atoms with Crippen molar-refractivity contribution in [2.75, 3.05) is 6.79 Å². The minimum absolute atomic E-state index is 0.0959. The van der Waals surface area contributed by atoms with Gasteiger partial charge in [-0.05, 0) is 36.2 Å². The minimum Gasteiger partial charge on any atom is -0.489 e. The molecule has 154 valence electrons. The van der Waals surface area contributed by atoms with Crippen molar-refractivity contribution in [2.45, 2.75) is 19.4 Å². The SMILES string of the molecule is Cc1ccc(COc2ccc(C3C(C#N)=C(N)Oc4cc5c(cc43)OCO5)cc2)cc1. The number of fused-ring (bicyclic) bond motifs is 2. The van der Waals surface area contributed by atoms with E-state index in [1.165, 1.54) is 5.56 Å². The Morgan fingerprint density at radius 2 is 1.71 bits per heavy atom. The lowest BCUT2D eigenvalue weighted by Crippen LogP contribution is -2.21.